The number of unbranched alkanes of at least 4 members (excludes halogenated alkanes) is 15. The number of sulfonamides is 1. The number of ketones is 1. The largest absolute Gasteiger partial charge is 0.493 e. The van der Waals surface area contributed by atoms with Crippen molar-refractivity contribution in [1.82, 2.24) is 0 Å². The maximum atomic E-state index is 13.3. The van der Waals surface area contributed by atoms with Crippen molar-refractivity contribution in [3.05, 3.63) is 82.4 Å². The lowest BCUT2D eigenvalue weighted by Gasteiger charge is -2.15. The van der Waals surface area contributed by atoms with E-state index in [-0.39, 0.29) is 22.0 Å². The second-order valence-corrected chi connectivity index (χ2v) is 16.0. The molecule has 0 bridgehead atoms. The highest BCUT2D eigenvalue weighted by molar-refractivity contribution is 7.92. The molecule has 0 aromatic heterocycles. The van der Waals surface area contributed by atoms with Gasteiger partial charge in [-0.3, -0.25) is 14.3 Å². The minimum absolute atomic E-state index is 0.0628. The first-order valence-electron chi connectivity index (χ1n) is 19.0. The van der Waals surface area contributed by atoms with Gasteiger partial charge in [0.05, 0.1) is 44.6 Å². The fourth-order valence-corrected chi connectivity index (χ4v) is 7.40. The summed E-state index contributed by atoms with van der Waals surface area (Å²) in [6.07, 6.45) is 20.1. The monoisotopic (exact) mass is 818 g/mol. The number of rotatable bonds is 27. The predicted octanol–water partition coefficient (Wildman–Crippen LogP) is 10.6. The van der Waals surface area contributed by atoms with E-state index in [1.165, 1.54) is 95.6 Å². The molecule has 0 heterocycles. The maximum Gasteiger partial charge on any atom is 0.335 e. The van der Waals surface area contributed by atoms with Crippen LogP contribution in [0.3, 0.4) is 0 Å². The van der Waals surface area contributed by atoms with Crippen molar-refractivity contribution in [2.24, 2.45) is 0 Å². The number of halogens is 2. The van der Waals surface area contributed by atoms with Crippen LogP contribution in [0.2, 0.25) is 5.02 Å². The van der Waals surface area contributed by atoms with Crippen molar-refractivity contribution in [3.8, 4) is 5.75 Å². The van der Waals surface area contributed by atoms with Crippen LogP contribution in [0, 0.1) is 0 Å². The Balaban J connectivity index is 1.47. The number of carboxylic acid groups (broad SMARTS) is 2. The first-order chi connectivity index (χ1) is 26.3. The second kappa shape index (κ2) is 23.7. The van der Waals surface area contributed by atoms with E-state index in [0.717, 1.165) is 49.6 Å². The van der Waals surface area contributed by atoms with Gasteiger partial charge >= 0.3 is 11.9 Å². The lowest BCUT2D eigenvalue weighted by molar-refractivity contribution is -0.115. The van der Waals surface area contributed by atoms with E-state index in [4.69, 9.17) is 27.9 Å². The Labute approximate surface area is 334 Å². The first kappa shape index (κ1) is 45.3. The van der Waals surface area contributed by atoms with Crippen LogP contribution in [-0.4, -0.2) is 54.2 Å². The van der Waals surface area contributed by atoms with Crippen LogP contribution in [-0.2, 0) is 14.8 Å². The van der Waals surface area contributed by atoms with E-state index in [1.54, 1.807) is 18.2 Å². The van der Waals surface area contributed by atoms with E-state index in [0.29, 0.717) is 12.4 Å². The third-order valence-electron chi connectivity index (χ3n) is 9.05. The lowest BCUT2D eigenvalue weighted by atomic mass is 10.0. The van der Waals surface area contributed by atoms with Crippen LogP contribution in [0.1, 0.15) is 141 Å². The zero-order valence-corrected chi connectivity index (χ0v) is 33.6. The van der Waals surface area contributed by atoms with Gasteiger partial charge < -0.3 is 20.3 Å². The summed E-state index contributed by atoms with van der Waals surface area (Å²) in [5.74, 6) is -4.33. The molecular formula is C41H52Cl2N2O9S. The zero-order chi connectivity index (χ0) is 40.2. The van der Waals surface area contributed by atoms with Gasteiger partial charge in [0, 0.05) is 0 Å². The van der Waals surface area contributed by atoms with E-state index in [1.807, 2.05) is 0 Å². The molecule has 1 amide bonds. The molecule has 0 radical (unpaired) electrons. The van der Waals surface area contributed by atoms with Crippen LogP contribution in [0.15, 0.2) is 65.6 Å². The molecule has 3 aromatic rings. The molecule has 0 aliphatic rings. The molecule has 0 saturated carbocycles. The number of hydrogen-bond donors (Lipinski definition) is 4. The Hall–Kier alpha value is -4.13. The molecule has 300 valence electrons. The summed E-state index contributed by atoms with van der Waals surface area (Å²) >= 11 is 12.6. The highest BCUT2D eigenvalue weighted by Gasteiger charge is 2.29. The molecule has 4 N–H and O–H groups in total. The lowest BCUT2D eigenvalue weighted by Crippen LogP contribution is -2.31. The van der Waals surface area contributed by atoms with Gasteiger partial charge in [-0.1, -0.05) is 127 Å². The number of alkyl halides is 1. The number of nitrogens with one attached hydrogen (secondary N) is 2. The summed E-state index contributed by atoms with van der Waals surface area (Å²) in [6, 6.07) is 12.6. The molecule has 3 aromatic carbocycles. The van der Waals surface area contributed by atoms with Crippen molar-refractivity contribution in [1.29, 1.82) is 0 Å². The average molecular weight is 820 g/mol. The number of hydrogen-bond acceptors (Lipinski definition) is 7. The molecule has 11 nitrogen and oxygen atoms in total. The van der Waals surface area contributed by atoms with Crippen molar-refractivity contribution in [3.63, 3.8) is 0 Å². The quantitative estimate of drug-likeness (QED) is 0.0252. The second-order valence-electron chi connectivity index (χ2n) is 13.5. The van der Waals surface area contributed by atoms with Crippen LogP contribution in [0.4, 0.5) is 11.4 Å². The molecule has 1 atom stereocenters. The Morgan fingerprint density at radius 1 is 0.709 bits per heavy atom. The van der Waals surface area contributed by atoms with Gasteiger partial charge in [-0.25, -0.2) is 18.0 Å². The van der Waals surface area contributed by atoms with Gasteiger partial charge in [-0.2, -0.15) is 0 Å². The number of carboxylic acids is 2. The number of benzene rings is 3. The Morgan fingerprint density at radius 2 is 1.22 bits per heavy atom. The van der Waals surface area contributed by atoms with Crippen molar-refractivity contribution in [2.45, 2.75) is 120 Å². The molecule has 0 aliphatic heterocycles. The number of ether oxygens (including phenoxy) is 1. The third kappa shape index (κ3) is 15.5. The number of anilines is 2. The zero-order valence-electron chi connectivity index (χ0n) is 31.3. The van der Waals surface area contributed by atoms with Gasteiger partial charge in [-0.15, -0.1) is 11.6 Å². The van der Waals surface area contributed by atoms with Crippen LogP contribution >= 0.6 is 23.2 Å². The van der Waals surface area contributed by atoms with Gasteiger partial charge in [0.2, 0.25) is 0 Å². The van der Waals surface area contributed by atoms with Gasteiger partial charge in [0.15, 0.2) is 11.2 Å². The Morgan fingerprint density at radius 3 is 1.75 bits per heavy atom. The number of amides is 1. The Bertz CT molecular complexity index is 1820. The minimum atomic E-state index is -4.45. The van der Waals surface area contributed by atoms with Crippen LogP contribution < -0.4 is 14.8 Å². The topological polar surface area (TPSA) is 176 Å². The molecule has 0 fully saturated rings. The normalized spacial score (nSPS) is 11.8. The molecule has 14 heteroatoms. The molecular weight excluding hydrogens is 767 g/mol. The summed E-state index contributed by atoms with van der Waals surface area (Å²) in [6.45, 7) is 2.64. The fraction of sp³-hybridized carbons (Fsp3) is 0.463. The predicted molar refractivity (Wildman–Crippen MR) is 217 cm³/mol. The van der Waals surface area contributed by atoms with E-state index < -0.39 is 55.1 Å². The standard InChI is InChI=1S/C41H52Cl2N2O9S/c1-2-3-4-5-6-7-8-9-10-11-12-13-14-15-16-19-24-54-36-21-18-17-20-33(36)38(46)37(43)39(47)44-35-28-32(22-23-34(35)42)55(52,53)45-31-26-29(40(48)49)25-30(27-31)41(50)51/h17-18,20-23,25-28,37,45H,2-16,19,24H2,1H3,(H,44,47)(H,48,49)(H,50,51)/t37-/m1/s1. The molecule has 3 rings (SSSR count). The van der Waals surface area contributed by atoms with E-state index >= 15 is 0 Å². The number of para-hydroxylation sites is 1. The molecule has 0 aliphatic carbocycles. The minimum Gasteiger partial charge on any atom is -0.493 e. The molecule has 55 heavy (non-hydrogen) atoms. The number of carbonyl (C=O) groups is 4. The summed E-state index contributed by atoms with van der Waals surface area (Å²) < 4.78 is 34.4. The average Bonchev–Trinajstić information content (AvgIpc) is 3.16. The van der Waals surface area contributed by atoms with E-state index in [2.05, 4.69) is 17.0 Å². The molecule has 0 spiro atoms. The summed E-state index contributed by atoms with van der Waals surface area (Å²) in [4.78, 5) is 49.0. The van der Waals surface area contributed by atoms with Crippen molar-refractivity contribution < 1.29 is 42.5 Å². The number of carbonyl (C=O) groups excluding carboxylic acids is 2. The molecule has 0 saturated heterocycles. The van der Waals surface area contributed by atoms with E-state index in [9.17, 15) is 37.8 Å². The number of Topliss-reactive ketones (excluding diaryl/α,β-unsaturated/α-hetero) is 1. The fourth-order valence-electron chi connectivity index (χ4n) is 5.99. The van der Waals surface area contributed by atoms with Gasteiger partial charge in [0.25, 0.3) is 15.9 Å². The van der Waals surface area contributed by atoms with Crippen LogP contribution in [0.5, 0.6) is 5.75 Å². The van der Waals surface area contributed by atoms with Crippen molar-refractivity contribution >= 4 is 68.2 Å². The highest BCUT2D eigenvalue weighted by Crippen LogP contribution is 2.29. The van der Waals surface area contributed by atoms with Gasteiger partial charge in [0.1, 0.15) is 5.75 Å². The van der Waals surface area contributed by atoms with Gasteiger partial charge in [-0.05, 0) is 55.0 Å². The first-order valence-corrected chi connectivity index (χ1v) is 21.3. The maximum absolute atomic E-state index is 13.3. The van der Waals surface area contributed by atoms with Crippen molar-refractivity contribution in [2.75, 3.05) is 16.6 Å². The third-order valence-corrected chi connectivity index (χ3v) is 11.2. The number of aromatic carboxylic acids is 2. The summed E-state index contributed by atoms with van der Waals surface area (Å²) in [7, 11) is -4.45. The SMILES string of the molecule is CCCCCCCCCCCCCCCCCCOc1ccccc1C(=O)[C@@H](Cl)C(=O)Nc1cc(S(=O)(=O)Nc2cc(C(=O)O)cc(C(=O)O)c2)ccc1Cl. The smallest absolute Gasteiger partial charge is 0.335 e. The summed E-state index contributed by atoms with van der Waals surface area (Å²) in [5, 5.41) is 19.3. The van der Waals surface area contributed by atoms with Crippen LogP contribution in [0.25, 0.3) is 0 Å². The summed E-state index contributed by atoms with van der Waals surface area (Å²) in [5.41, 5.74) is -1.28. The highest BCUT2D eigenvalue weighted by atomic mass is 35.5. The molecule has 0 unspecified atom stereocenters. The Kier molecular flexibility index (Phi) is 19.5.